The summed E-state index contributed by atoms with van der Waals surface area (Å²) >= 11 is 1.16. The van der Waals surface area contributed by atoms with Gasteiger partial charge in [-0.15, -0.1) is 11.3 Å². The number of carbonyl (C=O) groups excluding carboxylic acids is 1. The van der Waals surface area contributed by atoms with E-state index in [0.29, 0.717) is 11.8 Å². The molecule has 0 saturated carbocycles. The van der Waals surface area contributed by atoms with Crippen molar-refractivity contribution in [3.63, 3.8) is 0 Å². The van der Waals surface area contributed by atoms with Crippen molar-refractivity contribution in [1.29, 1.82) is 0 Å². The van der Waals surface area contributed by atoms with Gasteiger partial charge in [0.25, 0.3) is 15.9 Å². The van der Waals surface area contributed by atoms with Crippen molar-refractivity contribution in [2.45, 2.75) is 11.1 Å². The Morgan fingerprint density at radius 3 is 2.39 bits per heavy atom. The molecular weight excluding hydrogens is 515 g/mol. The van der Waals surface area contributed by atoms with Gasteiger partial charge in [-0.2, -0.15) is 13.2 Å². The molecule has 0 saturated heterocycles. The maximum absolute atomic E-state index is 13.4. The average molecular weight is 534 g/mol. The second-order valence-electron chi connectivity index (χ2n) is 7.37. The molecule has 0 aliphatic carbocycles. The molecule has 4 rings (SSSR count). The summed E-state index contributed by atoms with van der Waals surface area (Å²) in [6.07, 6.45) is -4.90. The molecule has 0 atom stereocenters. The summed E-state index contributed by atoms with van der Waals surface area (Å²) in [6.45, 7) is 0. The number of amides is 1. The number of aromatic nitrogens is 1. The van der Waals surface area contributed by atoms with Gasteiger partial charge >= 0.3 is 6.18 Å². The van der Waals surface area contributed by atoms with Gasteiger partial charge in [-0.05, 0) is 24.3 Å². The summed E-state index contributed by atoms with van der Waals surface area (Å²) in [5.41, 5.74) is -0.252. The minimum Gasteiger partial charge on any atom is -0.497 e. The Kier molecular flexibility index (Phi) is 7.00. The number of halogens is 3. The maximum atomic E-state index is 13.4. The van der Waals surface area contributed by atoms with Gasteiger partial charge in [0.2, 0.25) is 0 Å². The minimum atomic E-state index is -4.90. The van der Waals surface area contributed by atoms with Crippen LogP contribution in [0.3, 0.4) is 0 Å². The predicted molar refractivity (Wildman–Crippen MR) is 131 cm³/mol. The van der Waals surface area contributed by atoms with Crippen molar-refractivity contribution in [2.75, 3.05) is 17.1 Å². The topological polar surface area (TPSA) is 97.4 Å². The average Bonchev–Trinajstić information content (AvgIpc) is 3.32. The number of rotatable bonds is 7. The lowest BCUT2D eigenvalue weighted by Gasteiger charge is -2.16. The van der Waals surface area contributed by atoms with E-state index in [-0.39, 0.29) is 22.1 Å². The molecule has 0 fully saturated rings. The van der Waals surface area contributed by atoms with Gasteiger partial charge in [-0.1, -0.05) is 42.5 Å². The highest BCUT2D eigenvalue weighted by Gasteiger charge is 2.37. The molecule has 1 heterocycles. The molecule has 12 heteroatoms. The number of sulfonamides is 1. The molecule has 0 aliphatic heterocycles. The fraction of sp³-hybridized carbons (Fsp3) is 0.0833. The summed E-state index contributed by atoms with van der Waals surface area (Å²) < 4.78 is 73.4. The number of methoxy groups -OCH3 is 1. The van der Waals surface area contributed by atoms with Gasteiger partial charge in [0.05, 0.1) is 34.5 Å². The molecule has 36 heavy (non-hydrogen) atoms. The number of nitrogens with zero attached hydrogens (tertiary/aromatic N) is 1. The van der Waals surface area contributed by atoms with E-state index in [2.05, 4.69) is 15.0 Å². The zero-order valence-corrected chi connectivity index (χ0v) is 20.2. The summed E-state index contributed by atoms with van der Waals surface area (Å²) in [5.74, 6) is -0.526. The van der Waals surface area contributed by atoms with Crippen molar-refractivity contribution < 1.29 is 31.1 Å². The smallest absolute Gasteiger partial charge is 0.417 e. The van der Waals surface area contributed by atoms with Crippen LogP contribution in [0.4, 0.5) is 24.0 Å². The molecule has 186 valence electrons. The molecular formula is C24H18F3N3O4S2. The molecule has 0 radical (unpaired) electrons. The highest BCUT2D eigenvalue weighted by molar-refractivity contribution is 7.92. The van der Waals surface area contributed by atoms with Gasteiger partial charge in [0, 0.05) is 17.0 Å². The number of hydrogen-bond acceptors (Lipinski definition) is 6. The lowest BCUT2D eigenvalue weighted by molar-refractivity contribution is -0.139. The molecule has 4 aromatic rings. The Balaban J connectivity index is 1.65. The molecule has 7 nitrogen and oxygen atoms in total. The van der Waals surface area contributed by atoms with Crippen molar-refractivity contribution in [2.24, 2.45) is 0 Å². The monoisotopic (exact) mass is 533 g/mol. The van der Waals surface area contributed by atoms with Gasteiger partial charge in [0.1, 0.15) is 5.75 Å². The summed E-state index contributed by atoms with van der Waals surface area (Å²) in [6, 6.07) is 17.0. The van der Waals surface area contributed by atoms with Crippen molar-refractivity contribution in [3.8, 4) is 17.0 Å². The first-order chi connectivity index (χ1) is 17.1. The normalized spacial score (nSPS) is 11.7. The van der Waals surface area contributed by atoms with Crippen molar-refractivity contribution in [3.05, 3.63) is 89.3 Å². The fourth-order valence-corrected chi connectivity index (χ4v) is 5.32. The number of hydrogen-bond donors (Lipinski definition) is 2. The summed E-state index contributed by atoms with van der Waals surface area (Å²) in [5, 5.41) is 4.60. The molecule has 0 spiro atoms. The first-order valence-corrected chi connectivity index (χ1v) is 12.6. The van der Waals surface area contributed by atoms with Gasteiger partial charge < -0.3 is 4.74 Å². The molecule has 0 unspecified atom stereocenters. The zero-order valence-electron chi connectivity index (χ0n) is 18.5. The largest absolute Gasteiger partial charge is 0.497 e. The lowest BCUT2D eigenvalue weighted by atomic mass is 10.1. The Hall–Kier alpha value is -3.90. The van der Waals surface area contributed by atoms with E-state index in [9.17, 15) is 26.4 Å². The molecule has 1 amide bonds. The zero-order chi connectivity index (χ0) is 25.9. The first kappa shape index (κ1) is 25.2. The van der Waals surface area contributed by atoms with E-state index in [1.165, 1.54) is 31.4 Å². The third kappa shape index (κ3) is 5.50. The number of carbonyl (C=O) groups is 1. The van der Waals surface area contributed by atoms with Crippen molar-refractivity contribution in [1.82, 2.24) is 4.98 Å². The van der Waals surface area contributed by atoms with Crippen LogP contribution in [0.1, 0.15) is 15.9 Å². The molecule has 0 aliphatic rings. The van der Waals surface area contributed by atoms with Crippen LogP contribution >= 0.6 is 11.3 Å². The van der Waals surface area contributed by atoms with Crippen LogP contribution in [-0.4, -0.2) is 26.4 Å². The van der Waals surface area contributed by atoms with E-state index in [0.717, 1.165) is 29.0 Å². The molecule has 2 N–H and O–H groups in total. The number of alkyl halides is 3. The second kappa shape index (κ2) is 9.99. The third-order valence-corrected chi connectivity index (χ3v) is 7.17. The predicted octanol–water partition coefficient (Wildman–Crippen LogP) is 5.89. The number of thiazole rings is 1. The van der Waals surface area contributed by atoms with Crippen LogP contribution < -0.4 is 14.8 Å². The first-order valence-electron chi connectivity index (χ1n) is 10.3. The van der Waals surface area contributed by atoms with Crippen LogP contribution in [-0.2, 0) is 16.2 Å². The van der Waals surface area contributed by atoms with E-state index < -0.39 is 32.6 Å². The lowest BCUT2D eigenvalue weighted by Crippen LogP contribution is -2.21. The molecule has 0 bridgehead atoms. The fourth-order valence-electron chi connectivity index (χ4n) is 3.30. The number of ether oxygens (including phenoxy) is 1. The van der Waals surface area contributed by atoms with Gasteiger partial charge in [-0.3, -0.25) is 14.8 Å². The van der Waals surface area contributed by atoms with Gasteiger partial charge in [0.15, 0.2) is 5.13 Å². The highest BCUT2D eigenvalue weighted by Crippen LogP contribution is 2.35. The number of anilines is 2. The molecule has 1 aromatic heterocycles. The Morgan fingerprint density at radius 2 is 1.69 bits per heavy atom. The third-order valence-electron chi connectivity index (χ3n) is 4.99. The van der Waals surface area contributed by atoms with E-state index in [1.807, 2.05) is 30.3 Å². The van der Waals surface area contributed by atoms with Crippen LogP contribution in [0, 0.1) is 0 Å². The van der Waals surface area contributed by atoms with Gasteiger partial charge in [-0.25, -0.2) is 13.4 Å². The van der Waals surface area contributed by atoms with Crippen LogP contribution in [0.25, 0.3) is 11.3 Å². The van der Waals surface area contributed by atoms with Crippen molar-refractivity contribution >= 4 is 38.1 Å². The number of benzene rings is 3. The SMILES string of the molecule is COc1ccc(C(=O)Nc2nc(-c3ccccc3)cs2)c(NS(=O)(=O)c2ccccc2C(F)(F)F)c1. The second-order valence-corrected chi connectivity index (χ2v) is 9.88. The Bertz CT molecular complexity index is 1500. The number of nitrogens with one attached hydrogen (secondary N) is 2. The summed E-state index contributed by atoms with van der Waals surface area (Å²) in [7, 11) is -3.41. The van der Waals surface area contributed by atoms with Crippen LogP contribution in [0.5, 0.6) is 5.75 Å². The minimum absolute atomic E-state index is 0.139. The Labute approximate surface area is 208 Å². The highest BCUT2D eigenvalue weighted by atomic mass is 32.2. The standard InChI is InChI=1S/C24H18F3N3O4S2/c1-34-16-11-12-17(22(31)29-23-28-20(14-35-23)15-7-3-2-4-8-15)19(13-16)30-36(32,33)21-10-6-5-9-18(21)24(25,26)27/h2-14,30H,1H3,(H,28,29,31). The van der Waals surface area contributed by atoms with Crippen LogP contribution in [0.2, 0.25) is 0 Å². The van der Waals surface area contributed by atoms with E-state index >= 15 is 0 Å². The maximum Gasteiger partial charge on any atom is 0.417 e. The molecule has 3 aromatic carbocycles. The van der Waals surface area contributed by atoms with E-state index in [4.69, 9.17) is 4.74 Å². The Morgan fingerprint density at radius 1 is 1.00 bits per heavy atom. The van der Waals surface area contributed by atoms with E-state index in [1.54, 1.807) is 5.38 Å². The summed E-state index contributed by atoms with van der Waals surface area (Å²) in [4.78, 5) is 16.4. The van der Waals surface area contributed by atoms with Crippen LogP contribution in [0.15, 0.2) is 83.1 Å². The quantitative estimate of drug-likeness (QED) is 0.309.